The topological polar surface area (TPSA) is 61.4 Å². The summed E-state index contributed by atoms with van der Waals surface area (Å²) in [6.45, 7) is 9.00. The van der Waals surface area contributed by atoms with Crippen LogP contribution in [0.1, 0.15) is 64.5 Å². The van der Waals surface area contributed by atoms with Gasteiger partial charge in [-0.1, -0.05) is 57.9 Å². The number of aliphatic hydroxyl groups is 1. The fraction of sp³-hybridized carbons (Fsp3) is 0.682. The van der Waals surface area contributed by atoms with Crippen LogP contribution in [0, 0.1) is 5.41 Å². The maximum absolute atomic E-state index is 12.9. The second kappa shape index (κ2) is 11.7. The lowest BCUT2D eigenvalue weighted by atomic mass is 9.75. The molecule has 27 heavy (non-hydrogen) atoms. The highest BCUT2D eigenvalue weighted by atomic mass is 32.2. The number of hydrazine groups is 1. The smallest absolute Gasteiger partial charge is 0.244 e. The van der Waals surface area contributed by atoms with E-state index in [0.29, 0.717) is 0 Å². The quantitative estimate of drug-likeness (QED) is 0.349. The van der Waals surface area contributed by atoms with Crippen molar-refractivity contribution >= 4 is 17.7 Å². The fourth-order valence-corrected chi connectivity index (χ4v) is 4.38. The number of nitrogens with one attached hydrogen (secondary N) is 2. The van der Waals surface area contributed by atoms with Crippen molar-refractivity contribution in [3.8, 4) is 0 Å². The molecule has 0 saturated carbocycles. The molecule has 0 bridgehead atoms. The second-order valence-electron chi connectivity index (χ2n) is 8.28. The van der Waals surface area contributed by atoms with Crippen molar-refractivity contribution in [1.82, 2.24) is 10.9 Å². The van der Waals surface area contributed by atoms with Gasteiger partial charge >= 0.3 is 0 Å². The van der Waals surface area contributed by atoms with Crippen molar-refractivity contribution in [3.63, 3.8) is 0 Å². The highest BCUT2D eigenvalue weighted by Gasteiger charge is 2.35. The molecule has 3 N–H and O–H groups in total. The number of carbonyl (C=O) groups is 1. The number of hydrogen-bond acceptors (Lipinski definition) is 4. The molecule has 154 valence electrons. The van der Waals surface area contributed by atoms with E-state index in [0.717, 1.165) is 49.2 Å². The Labute approximate surface area is 169 Å². The van der Waals surface area contributed by atoms with Crippen molar-refractivity contribution in [2.75, 3.05) is 25.2 Å². The number of thioether (sulfide) groups is 1. The van der Waals surface area contributed by atoms with Gasteiger partial charge in [-0.15, -0.1) is 0 Å². The molecule has 1 aromatic carbocycles. The molecule has 0 aliphatic heterocycles. The summed E-state index contributed by atoms with van der Waals surface area (Å²) >= 11 is 1.80. The zero-order valence-electron chi connectivity index (χ0n) is 17.7. The van der Waals surface area contributed by atoms with Crippen LogP contribution in [-0.2, 0) is 16.6 Å². The average Bonchev–Trinajstić information content (AvgIpc) is 2.62. The van der Waals surface area contributed by atoms with E-state index in [1.165, 1.54) is 5.56 Å². The summed E-state index contributed by atoms with van der Waals surface area (Å²) in [5.41, 5.74) is 7.63. The number of benzene rings is 1. The average molecular weight is 395 g/mol. The van der Waals surface area contributed by atoms with Crippen LogP contribution in [0.5, 0.6) is 0 Å². The van der Waals surface area contributed by atoms with Crippen LogP contribution in [0.4, 0.5) is 0 Å². The first kappa shape index (κ1) is 24.0. The minimum absolute atomic E-state index is 0.0195. The molecule has 1 atom stereocenters. The minimum atomic E-state index is -0.554. The van der Waals surface area contributed by atoms with Gasteiger partial charge in [0.05, 0.1) is 12.0 Å². The molecular weight excluding hydrogens is 356 g/mol. The van der Waals surface area contributed by atoms with Crippen LogP contribution in [0.25, 0.3) is 0 Å². The first-order chi connectivity index (χ1) is 12.8. The third kappa shape index (κ3) is 7.84. The van der Waals surface area contributed by atoms with Gasteiger partial charge in [-0.2, -0.15) is 11.8 Å². The predicted octanol–water partition coefficient (Wildman–Crippen LogP) is 4.07. The molecule has 0 aliphatic carbocycles. The molecular formula is C22H38N2O2S. The van der Waals surface area contributed by atoms with E-state index in [2.05, 4.69) is 62.8 Å². The molecule has 0 spiro atoms. The fourth-order valence-electron chi connectivity index (χ4n) is 3.40. The number of hydrogen-bond donors (Lipinski definition) is 3. The Bertz CT molecular complexity index is 577. The standard InChI is InChI=1S/C22H38N2O2S/c1-6-9-18-10-7-11-19(16-18)22(4,20(26)24-23-5)13-8-12-21(2,3)17-27-15-14-25/h7,10-11,16,23,25H,6,8-9,12-15,17H2,1-5H3,(H,24,26). The summed E-state index contributed by atoms with van der Waals surface area (Å²) in [5.74, 6) is 1.83. The Balaban J connectivity index is 2.88. The second-order valence-corrected chi connectivity index (χ2v) is 9.39. The number of rotatable bonds is 13. The number of carbonyl (C=O) groups excluding carboxylic acids is 1. The van der Waals surface area contributed by atoms with Crippen molar-refractivity contribution in [1.29, 1.82) is 0 Å². The Morgan fingerprint density at radius 2 is 1.96 bits per heavy atom. The van der Waals surface area contributed by atoms with Gasteiger partial charge in [0.1, 0.15) is 0 Å². The van der Waals surface area contributed by atoms with Crippen molar-refractivity contribution in [2.45, 2.75) is 65.2 Å². The summed E-state index contributed by atoms with van der Waals surface area (Å²) < 4.78 is 0. The van der Waals surface area contributed by atoms with Gasteiger partial charge in [0, 0.05) is 12.8 Å². The molecule has 1 unspecified atom stereocenters. The lowest BCUT2D eigenvalue weighted by molar-refractivity contribution is -0.127. The highest BCUT2D eigenvalue weighted by Crippen LogP contribution is 2.34. The van der Waals surface area contributed by atoms with Crippen molar-refractivity contribution in [3.05, 3.63) is 35.4 Å². The molecule has 0 aliphatic rings. The predicted molar refractivity (Wildman–Crippen MR) is 117 cm³/mol. The van der Waals surface area contributed by atoms with E-state index in [9.17, 15) is 4.79 Å². The van der Waals surface area contributed by atoms with Crippen LogP contribution < -0.4 is 10.9 Å². The molecule has 1 aromatic rings. The molecule has 4 nitrogen and oxygen atoms in total. The molecule has 1 rings (SSSR count). The Kier molecular flexibility index (Phi) is 10.4. The van der Waals surface area contributed by atoms with Gasteiger partial charge < -0.3 is 5.11 Å². The van der Waals surface area contributed by atoms with Crippen LogP contribution in [0.15, 0.2) is 24.3 Å². The highest BCUT2D eigenvalue weighted by molar-refractivity contribution is 7.99. The largest absolute Gasteiger partial charge is 0.396 e. The van der Waals surface area contributed by atoms with Crippen molar-refractivity contribution < 1.29 is 9.90 Å². The summed E-state index contributed by atoms with van der Waals surface area (Å²) in [4.78, 5) is 12.9. The summed E-state index contributed by atoms with van der Waals surface area (Å²) in [6, 6.07) is 8.49. The minimum Gasteiger partial charge on any atom is -0.396 e. The van der Waals surface area contributed by atoms with Crippen LogP contribution in [0.2, 0.25) is 0 Å². The Morgan fingerprint density at radius 3 is 2.59 bits per heavy atom. The normalized spacial score (nSPS) is 14.0. The first-order valence-corrected chi connectivity index (χ1v) is 11.2. The number of amides is 1. The van der Waals surface area contributed by atoms with E-state index < -0.39 is 5.41 Å². The van der Waals surface area contributed by atoms with Gasteiger partial charge in [0.25, 0.3) is 0 Å². The number of aryl methyl sites for hydroxylation is 1. The maximum Gasteiger partial charge on any atom is 0.244 e. The van der Waals surface area contributed by atoms with E-state index in [1.807, 2.05) is 0 Å². The first-order valence-electron chi connectivity index (χ1n) is 10.0. The van der Waals surface area contributed by atoms with Gasteiger partial charge in [0.15, 0.2) is 0 Å². The molecule has 0 saturated heterocycles. The van der Waals surface area contributed by atoms with Crippen LogP contribution in [-0.4, -0.2) is 36.2 Å². The monoisotopic (exact) mass is 394 g/mol. The Morgan fingerprint density at radius 1 is 1.22 bits per heavy atom. The molecule has 5 heteroatoms. The lowest BCUT2D eigenvalue weighted by Gasteiger charge is -2.31. The zero-order valence-corrected chi connectivity index (χ0v) is 18.5. The third-order valence-electron chi connectivity index (χ3n) is 5.10. The lowest BCUT2D eigenvalue weighted by Crippen LogP contribution is -2.47. The summed E-state index contributed by atoms with van der Waals surface area (Å²) in [5, 5.41) is 8.97. The van der Waals surface area contributed by atoms with E-state index in [1.54, 1.807) is 18.8 Å². The van der Waals surface area contributed by atoms with E-state index in [4.69, 9.17) is 5.11 Å². The number of aliphatic hydroxyl groups excluding tert-OH is 1. The van der Waals surface area contributed by atoms with Gasteiger partial charge in [0.2, 0.25) is 5.91 Å². The molecule has 0 aromatic heterocycles. The summed E-state index contributed by atoms with van der Waals surface area (Å²) in [7, 11) is 1.73. The van der Waals surface area contributed by atoms with Gasteiger partial charge in [-0.25, -0.2) is 5.43 Å². The van der Waals surface area contributed by atoms with Crippen LogP contribution >= 0.6 is 11.8 Å². The molecule has 1 amide bonds. The Hall–Kier alpha value is -1.04. The van der Waals surface area contributed by atoms with Crippen molar-refractivity contribution in [2.24, 2.45) is 5.41 Å². The molecule has 0 radical (unpaired) electrons. The van der Waals surface area contributed by atoms with E-state index in [-0.39, 0.29) is 17.9 Å². The third-order valence-corrected chi connectivity index (χ3v) is 6.56. The zero-order chi connectivity index (χ0) is 20.3. The van der Waals surface area contributed by atoms with Gasteiger partial charge in [-0.3, -0.25) is 10.2 Å². The van der Waals surface area contributed by atoms with E-state index >= 15 is 0 Å². The SMILES string of the molecule is CCCc1cccc(C(C)(CCCC(C)(C)CSCCO)C(=O)NNC)c1. The summed E-state index contributed by atoms with van der Waals surface area (Å²) in [6.07, 6.45) is 4.99. The van der Waals surface area contributed by atoms with Crippen LogP contribution in [0.3, 0.4) is 0 Å². The molecule has 0 fully saturated rings. The van der Waals surface area contributed by atoms with Gasteiger partial charge in [-0.05, 0) is 48.5 Å². The maximum atomic E-state index is 12.9. The molecule has 0 heterocycles.